The zero-order chi connectivity index (χ0) is 9.52. The number of thioether (sulfide) groups is 1. The van der Waals surface area contributed by atoms with E-state index < -0.39 is 0 Å². The molecule has 0 aromatic rings. The molecule has 0 aromatic heterocycles. The first-order valence-electron chi connectivity index (χ1n) is 5.28. The quantitative estimate of drug-likeness (QED) is 0.656. The van der Waals surface area contributed by atoms with Crippen LogP contribution >= 0.6 is 11.8 Å². The topological polar surface area (TPSA) is 15.3 Å². The van der Waals surface area contributed by atoms with Crippen LogP contribution in [0.2, 0.25) is 0 Å². The van der Waals surface area contributed by atoms with Gasteiger partial charge in [-0.15, -0.1) is 0 Å². The molecule has 3 heteroatoms. The van der Waals surface area contributed by atoms with E-state index in [1.54, 1.807) is 0 Å². The highest BCUT2D eigenvalue weighted by molar-refractivity contribution is 7.98. The van der Waals surface area contributed by atoms with Crippen LogP contribution in [-0.2, 0) is 0 Å². The van der Waals surface area contributed by atoms with Crippen LogP contribution in [-0.4, -0.2) is 49.1 Å². The van der Waals surface area contributed by atoms with Gasteiger partial charge >= 0.3 is 0 Å². The number of hydrogen-bond acceptors (Lipinski definition) is 3. The summed E-state index contributed by atoms with van der Waals surface area (Å²) in [7, 11) is 0. The second kappa shape index (κ2) is 6.68. The van der Waals surface area contributed by atoms with Crippen LogP contribution in [0.15, 0.2) is 0 Å². The first-order valence-corrected chi connectivity index (χ1v) is 6.67. The van der Waals surface area contributed by atoms with Crippen molar-refractivity contribution in [1.82, 2.24) is 10.2 Å². The lowest BCUT2D eigenvalue weighted by Gasteiger charge is -2.23. The number of hydrogen-bond donors (Lipinski definition) is 1. The third-order valence-electron chi connectivity index (χ3n) is 2.69. The zero-order valence-electron chi connectivity index (χ0n) is 8.88. The molecular weight excluding hydrogens is 180 g/mol. The molecule has 1 rings (SSSR count). The van der Waals surface area contributed by atoms with Gasteiger partial charge in [0.25, 0.3) is 0 Å². The summed E-state index contributed by atoms with van der Waals surface area (Å²) in [6.45, 7) is 7.26. The average Bonchev–Trinajstić information content (AvgIpc) is 2.65. The molecule has 0 bridgehead atoms. The second-order valence-electron chi connectivity index (χ2n) is 3.79. The Hall–Kier alpha value is 0.270. The first-order chi connectivity index (χ1) is 6.34. The molecule has 78 valence electrons. The van der Waals surface area contributed by atoms with Gasteiger partial charge in [-0.2, -0.15) is 11.8 Å². The SMILES string of the molecule is CSCCNCC(C)N1CCCC1. The summed E-state index contributed by atoms with van der Waals surface area (Å²) in [4.78, 5) is 2.59. The lowest BCUT2D eigenvalue weighted by atomic mass is 10.3. The molecule has 0 aliphatic carbocycles. The molecule has 0 spiro atoms. The van der Waals surface area contributed by atoms with Crippen molar-refractivity contribution in [1.29, 1.82) is 0 Å². The van der Waals surface area contributed by atoms with E-state index >= 15 is 0 Å². The van der Waals surface area contributed by atoms with E-state index in [1.165, 1.54) is 31.7 Å². The van der Waals surface area contributed by atoms with E-state index in [0.717, 1.165) is 19.1 Å². The van der Waals surface area contributed by atoms with Gasteiger partial charge in [0.05, 0.1) is 0 Å². The number of rotatable bonds is 6. The van der Waals surface area contributed by atoms with E-state index in [1.807, 2.05) is 11.8 Å². The largest absolute Gasteiger partial charge is 0.314 e. The summed E-state index contributed by atoms with van der Waals surface area (Å²) in [5.41, 5.74) is 0. The van der Waals surface area contributed by atoms with Crippen LogP contribution in [0.5, 0.6) is 0 Å². The molecule has 0 saturated carbocycles. The predicted molar refractivity (Wildman–Crippen MR) is 61.5 cm³/mol. The molecule has 1 fully saturated rings. The van der Waals surface area contributed by atoms with E-state index in [0.29, 0.717) is 0 Å². The second-order valence-corrected chi connectivity index (χ2v) is 4.77. The molecule has 2 nitrogen and oxygen atoms in total. The minimum absolute atomic E-state index is 0.726. The molecule has 0 aromatic carbocycles. The van der Waals surface area contributed by atoms with E-state index in [4.69, 9.17) is 0 Å². The van der Waals surface area contributed by atoms with Crippen molar-refractivity contribution in [3.8, 4) is 0 Å². The molecule has 13 heavy (non-hydrogen) atoms. The Balaban J connectivity index is 1.99. The first kappa shape index (κ1) is 11.3. The van der Waals surface area contributed by atoms with Crippen molar-refractivity contribution in [3.05, 3.63) is 0 Å². The fourth-order valence-corrected chi connectivity index (χ4v) is 2.15. The van der Waals surface area contributed by atoms with Crippen molar-refractivity contribution in [2.45, 2.75) is 25.8 Å². The maximum Gasteiger partial charge on any atom is 0.0192 e. The number of likely N-dealkylation sites (tertiary alicyclic amines) is 1. The Morgan fingerprint density at radius 3 is 2.69 bits per heavy atom. The molecule has 1 saturated heterocycles. The predicted octanol–water partition coefficient (Wildman–Crippen LogP) is 1.42. The molecule has 1 atom stereocenters. The number of nitrogens with one attached hydrogen (secondary N) is 1. The third kappa shape index (κ3) is 4.34. The van der Waals surface area contributed by atoms with Crippen molar-refractivity contribution < 1.29 is 0 Å². The smallest absolute Gasteiger partial charge is 0.0192 e. The van der Waals surface area contributed by atoms with E-state index in [-0.39, 0.29) is 0 Å². The van der Waals surface area contributed by atoms with E-state index in [9.17, 15) is 0 Å². The molecular formula is C10H22N2S. The molecule has 1 N–H and O–H groups in total. The van der Waals surface area contributed by atoms with Gasteiger partial charge in [0, 0.05) is 24.9 Å². The van der Waals surface area contributed by atoms with Gasteiger partial charge < -0.3 is 5.32 Å². The fraction of sp³-hybridized carbons (Fsp3) is 1.00. The van der Waals surface area contributed by atoms with Crippen LogP contribution in [0, 0.1) is 0 Å². The summed E-state index contributed by atoms with van der Waals surface area (Å²) in [5, 5.41) is 3.50. The van der Waals surface area contributed by atoms with Gasteiger partial charge in [0.1, 0.15) is 0 Å². The molecule has 1 aliphatic heterocycles. The van der Waals surface area contributed by atoms with Crippen molar-refractivity contribution in [3.63, 3.8) is 0 Å². The minimum Gasteiger partial charge on any atom is -0.314 e. The lowest BCUT2D eigenvalue weighted by Crippen LogP contribution is -2.39. The molecule has 0 radical (unpaired) electrons. The monoisotopic (exact) mass is 202 g/mol. The Kier molecular flexibility index (Phi) is 5.83. The van der Waals surface area contributed by atoms with Gasteiger partial charge in [-0.05, 0) is 39.1 Å². The summed E-state index contributed by atoms with van der Waals surface area (Å²) >= 11 is 1.91. The Morgan fingerprint density at radius 1 is 1.38 bits per heavy atom. The highest BCUT2D eigenvalue weighted by atomic mass is 32.2. The summed E-state index contributed by atoms with van der Waals surface area (Å²) in [6.07, 6.45) is 4.95. The maximum absolute atomic E-state index is 3.50. The third-order valence-corrected chi connectivity index (χ3v) is 3.30. The highest BCUT2D eigenvalue weighted by Gasteiger charge is 2.16. The zero-order valence-corrected chi connectivity index (χ0v) is 9.70. The standard InChI is InChI=1S/C10H22N2S/c1-10(9-11-5-8-13-2)12-6-3-4-7-12/h10-11H,3-9H2,1-2H3. The fourth-order valence-electron chi connectivity index (χ4n) is 1.80. The summed E-state index contributed by atoms with van der Waals surface area (Å²) in [6, 6.07) is 0.726. The number of nitrogens with zero attached hydrogens (tertiary/aromatic N) is 1. The average molecular weight is 202 g/mol. The summed E-state index contributed by atoms with van der Waals surface area (Å²) < 4.78 is 0. The molecule has 1 unspecified atom stereocenters. The van der Waals surface area contributed by atoms with Gasteiger partial charge in [0.2, 0.25) is 0 Å². The van der Waals surface area contributed by atoms with Crippen LogP contribution < -0.4 is 5.32 Å². The van der Waals surface area contributed by atoms with Gasteiger partial charge in [-0.25, -0.2) is 0 Å². The maximum atomic E-state index is 3.50. The minimum atomic E-state index is 0.726. The highest BCUT2D eigenvalue weighted by Crippen LogP contribution is 2.10. The van der Waals surface area contributed by atoms with Crippen LogP contribution in [0.1, 0.15) is 19.8 Å². The molecule has 0 amide bonds. The van der Waals surface area contributed by atoms with Gasteiger partial charge in [0.15, 0.2) is 0 Å². The molecule has 1 heterocycles. The van der Waals surface area contributed by atoms with Gasteiger partial charge in [-0.3, -0.25) is 4.90 Å². The van der Waals surface area contributed by atoms with Crippen molar-refractivity contribution in [2.24, 2.45) is 0 Å². The van der Waals surface area contributed by atoms with Crippen LogP contribution in [0.4, 0.5) is 0 Å². The van der Waals surface area contributed by atoms with Crippen LogP contribution in [0.3, 0.4) is 0 Å². The molecule has 1 aliphatic rings. The Bertz CT molecular complexity index is 124. The van der Waals surface area contributed by atoms with E-state index in [2.05, 4.69) is 23.4 Å². The van der Waals surface area contributed by atoms with Crippen LogP contribution in [0.25, 0.3) is 0 Å². The Morgan fingerprint density at radius 2 is 2.08 bits per heavy atom. The van der Waals surface area contributed by atoms with Gasteiger partial charge in [-0.1, -0.05) is 0 Å². The lowest BCUT2D eigenvalue weighted by molar-refractivity contribution is 0.253. The normalized spacial score (nSPS) is 20.8. The van der Waals surface area contributed by atoms with Crippen molar-refractivity contribution >= 4 is 11.8 Å². The Labute approximate surface area is 86.5 Å². The van der Waals surface area contributed by atoms with Crippen molar-refractivity contribution in [2.75, 3.05) is 38.2 Å². The summed E-state index contributed by atoms with van der Waals surface area (Å²) in [5.74, 6) is 1.23.